The standard InChI is InChI=1S/C17H20O.C16H18O.C15H26O.C15H16O.C14H24O.C13H22O/c1-11(2)12(3)18-16-10-14-8-4-6-13-7-5-9-15(16)17(13)14;1-3-11(2)17-15-10-13-8-4-6-12-7-5-9-14(15)16(12)13;1-9(2)10(3)16-15-8-11-7-14(15)13-6-4-5-12(11)13;1-10(2)16-14-9-12-7-3-5-11-6-4-8-13(14)15(11)12;1-3-9(2)15-14-8-10-7-13(14)12-6-4-5-11(10)12;1-8(2)14-13-7-9-6-12(13)11-5-3-4-10(9)11/h4-9,11-12,16H,10H2,1-3H3;4-9,11,15H,3,10H2,1-2H3;9-15H,4-8H2,1-3H3;3-8,10,14H,9H2,1-2H3;9-14H,3-8H2,1-2H3;8-13H,3-7H2,1-2H3. The molecule has 18 rings (SSSR count). The normalized spacial score (nSPS) is 33.3. The number of fused-ring (bicyclic) bond motifs is 15. The molecule has 0 N–H and O–H groups in total. The number of benzene rings is 6. The van der Waals surface area contributed by atoms with E-state index in [-0.39, 0.29) is 24.4 Å². The van der Waals surface area contributed by atoms with Gasteiger partial charge in [-0.1, -0.05) is 170 Å². The summed E-state index contributed by atoms with van der Waals surface area (Å²) in [4.78, 5) is 0. The van der Waals surface area contributed by atoms with Crippen molar-refractivity contribution in [1.82, 2.24) is 0 Å². The first-order valence-electron chi connectivity index (χ1n) is 39.9. The predicted octanol–water partition coefficient (Wildman–Crippen LogP) is 23.3. The van der Waals surface area contributed by atoms with Crippen LogP contribution in [0.5, 0.6) is 0 Å². The van der Waals surface area contributed by atoms with Crippen LogP contribution in [0.3, 0.4) is 0 Å². The Labute approximate surface area is 581 Å². The van der Waals surface area contributed by atoms with Crippen molar-refractivity contribution < 1.29 is 28.4 Å². The van der Waals surface area contributed by atoms with Gasteiger partial charge in [-0.2, -0.15) is 0 Å². The number of ether oxygens (including phenoxy) is 6. The third-order valence-corrected chi connectivity index (χ3v) is 26.9. The summed E-state index contributed by atoms with van der Waals surface area (Å²) in [5.74, 6) is 13.6. The third-order valence-electron chi connectivity index (χ3n) is 26.9. The maximum atomic E-state index is 6.31. The van der Waals surface area contributed by atoms with E-state index in [4.69, 9.17) is 28.4 Å². The van der Waals surface area contributed by atoms with Gasteiger partial charge < -0.3 is 28.4 Å². The van der Waals surface area contributed by atoms with E-state index in [9.17, 15) is 0 Å². The fourth-order valence-electron chi connectivity index (χ4n) is 21.7. The maximum Gasteiger partial charge on any atom is 0.0875 e. The second-order valence-electron chi connectivity index (χ2n) is 34.0. The predicted molar refractivity (Wildman–Crippen MR) is 399 cm³/mol. The molecule has 0 radical (unpaired) electrons. The average molecular weight is 1300 g/mol. The number of rotatable bonds is 16. The molecule has 96 heavy (non-hydrogen) atoms. The topological polar surface area (TPSA) is 55.4 Å². The van der Waals surface area contributed by atoms with Crippen LogP contribution in [0.1, 0.15) is 258 Å². The van der Waals surface area contributed by atoms with Gasteiger partial charge in [0.15, 0.2) is 0 Å². The van der Waals surface area contributed by atoms with Gasteiger partial charge in [-0.25, -0.2) is 0 Å². The van der Waals surface area contributed by atoms with Crippen LogP contribution in [0.2, 0.25) is 0 Å². The van der Waals surface area contributed by atoms with E-state index < -0.39 is 0 Å². The summed E-state index contributed by atoms with van der Waals surface area (Å²) in [5.41, 5.74) is 8.41. The molecule has 6 bridgehead atoms. The van der Waals surface area contributed by atoms with Gasteiger partial charge in [0, 0.05) is 19.3 Å². The van der Waals surface area contributed by atoms with Crippen molar-refractivity contribution in [2.75, 3.05) is 0 Å². The molecule has 22 atom stereocenters. The zero-order valence-corrected chi connectivity index (χ0v) is 62.0. The highest BCUT2D eigenvalue weighted by atomic mass is 16.5. The molecular formula is C90H126O6. The van der Waals surface area contributed by atoms with E-state index in [1.807, 2.05) is 0 Å². The minimum absolute atomic E-state index is 0.239. The number of hydrogen-bond donors (Lipinski definition) is 0. The van der Waals surface area contributed by atoms with Gasteiger partial charge in [0.25, 0.3) is 0 Å². The van der Waals surface area contributed by atoms with Crippen LogP contribution in [0.25, 0.3) is 32.3 Å². The Bertz CT molecular complexity index is 3490. The molecule has 22 unspecified atom stereocenters. The molecule has 0 aliphatic heterocycles. The van der Waals surface area contributed by atoms with Crippen LogP contribution >= 0.6 is 0 Å². The molecule has 6 nitrogen and oxygen atoms in total. The molecule has 6 aromatic carbocycles. The van der Waals surface area contributed by atoms with Crippen molar-refractivity contribution in [2.24, 2.45) is 82.9 Å². The summed E-state index contributed by atoms with van der Waals surface area (Å²) in [6, 6.07) is 39.3. The summed E-state index contributed by atoms with van der Waals surface area (Å²) in [6.45, 7) is 30.8. The Hall–Kier alpha value is -4.14. The van der Waals surface area contributed by atoms with E-state index in [0.29, 0.717) is 60.7 Å². The average Bonchev–Trinajstić information content (AvgIpc) is 1.60. The first kappa shape index (κ1) is 70.3. The molecular weight excluding hydrogens is 1180 g/mol. The van der Waals surface area contributed by atoms with E-state index in [0.717, 1.165) is 96.7 Å². The second-order valence-corrected chi connectivity index (χ2v) is 34.0. The van der Waals surface area contributed by atoms with E-state index >= 15 is 0 Å². The van der Waals surface area contributed by atoms with Gasteiger partial charge in [0.05, 0.1) is 73.2 Å². The minimum Gasteiger partial charge on any atom is -0.375 e. The largest absolute Gasteiger partial charge is 0.375 e. The first-order chi connectivity index (χ1) is 46.4. The molecule has 6 aromatic rings. The summed E-state index contributed by atoms with van der Waals surface area (Å²) in [5, 5.41) is 8.27. The fourth-order valence-corrected chi connectivity index (χ4v) is 21.7. The molecule has 522 valence electrons. The number of hydrogen-bond acceptors (Lipinski definition) is 6. The molecule has 0 heterocycles. The van der Waals surface area contributed by atoms with Crippen LogP contribution in [0.15, 0.2) is 109 Å². The summed E-state index contributed by atoms with van der Waals surface area (Å²) in [6.07, 6.45) is 32.4. The van der Waals surface area contributed by atoms with Crippen LogP contribution in [-0.4, -0.2) is 54.9 Å². The van der Waals surface area contributed by atoms with Crippen molar-refractivity contribution in [3.8, 4) is 0 Å². The molecule has 12 aliphatic rings. The highest BCUT2D eigenvalue weighted by Crippen LogP contribution is 2.62. The minimum atomic E-state index is 0.239. The van der Waals surface area contributed by atoms with Gasteiger partial charge in [-0.05, 0) is 294 Å². The lowest BCUT2D eigenvalue weighted by Gasteiger charge is -2.34. The van der Waals surface area contributed by atoms with Gasteiger partial charge in [0.1, 0.15) is 0 Å². The summed E-state index contributed by atoms with van der Waals surface area (Å²) in [7, 11) is 0. The Morgan fingerprint density at radius 1 is 0.312 bits per heavy atom. The Morgan fingerprint density at radius 2 is 0.625 bits per heavy atom. The lowest BCUT2D eigenvalue weighted by molar-refractivity contribution is -0.0669. The zero-order chi connectivity index (χ0) is 67.1. The van der Waals surface area contributed by atoms with Crippen molar-refractivity contribution in [3.63, 3.8) is 0 Å². The van der Waals surface area contributed by atoms with E-state index in [1.165, 1.54) is 168 Å². The highest BCUT2D eigenvalue weighted by Gasteiger charge is 2.57. The van der Waals surface area contributed by atoms with Crippen LogP contribution in [-0.2, 0) is 47.7 Å². The monoisotopic (exact) mass is 1300 g/mol. The highest BCUT2D eigenvalue weighted by molar-refractivity contribution is 5.93. The summed E-state index contributed by atoms with van der Waals surface area (Å²) < 4.78 is 36.9. The molecule has 0 spiro atoms. The van der Waals surface area contributed by atoms with E-state index in [1.54, 1.807) is 0 Å². The lowest BCUT2D eigenvalue weighted by Crippen LogP contribution is -2.34. The molecule has 0 amide bonds. The lowest BCUT2D eigenvalue weighted by atomic mass is 9.80. The maximum absolute atomic E-state index is 6.31. The van der Waals surface area contributed by atoms with Crippen LogP contribution < -0.4 is 0 Å². The second kappa shape index (κ2) is 31.0. The molecule has 9 fully saturated rings. The first-order valence-corrected chi connectivity index (χ1v) is 39.9. The Balaban J connectivity index is 0.000000104. The van der Waals surface area contributed by atoms with Crippen molar-refractivity contribution >= 4 is 32.3 Å². The van der Waals surface area contributed by atoms with Crippen LogP contribution in [0.4, 0.5) is 0 Å². The van der Waals surface area contributed by atoms with Crippen molar-refractivity contribution in [1.29, 1.82) is 0 Å². The third kappa shape index (κ3) is 14.9. The quantitative estimate of drug-likeness (QED) is 0.0963. The van der Waals surface area contributed by atoms with E-state index in [2.05, 4.69) is 206 Å². The van der Waals surface area contributed by atoms with Crippen molar-refractivity contribution in [2.45, 2.75) is 299 Å². The fraction of sp³-hybridized carbons (Fsp3) is 0.667. The van der Waals surface area contributed by atoms with Gasteiger partial charge in [0.2, 0.25) is 0 Å². The zero-order valence-electron chi connectivity index (χ0n) is 62.0. The van der Waals surface area contributed by atoms with Gasteiger partial charge in [-0.3, -0.25) is 0 Å². The molecule has 12 aliphatic carbocycles. The van der Waals surface area contributed by atoms with Crippen LogP contribution in [0, 0.1) is 82.9 Å². The van der Waals surface area contributed by atoms with Gasteiger partial charge in [-0.15, -0.1) is 0 Å². The SMILES string of the molecule is CC(C)C(C)OC1CC2CC1C1CCCC21.CC(C)C(C)OC1Cc2cccc3cccc1c23.CC(C)OC1CC2CC1C1CCCC21.CC(C)OC1Cc2cccc3cccc1c23.CCC(C)OC1CC2CC1C1CCCC21.CCC(C)OC1Cc2cccc3cccc1c23. The van der Waals surface area contributed by atoms with Gasteiger partial charge >= 0.3 is 0 Å². The smallest absolute Gasteiger partial charge is 0.0875 e. The Morgan fingerprint density at radius 3 is 0.990 bits per heavy atom. The Kier molecular flexibility index (Phi) is 22.7. The molecule has 0 aromatic heterocycles. The summed E-state index contributed by atoms with van der Waals surface area (Å²) >= 11 is 0. The molecule has 6 heteroatoms. The molecule has 9 saturated carbocycles. The van der Waals surface area contributed by atoms with Crippen molar-refractivity contribution in [3.05, 3.63) is 143 Å². The molecule has 0 saturated heterocycles.